The van der Waals surface area contributed by atoms with Crippen molar-refractivity contribution >= 4 is 0 Å². The maximum atomic E-state index is 4.77. The van der Waals surface area contributed by atoms with E-state index < -0.39 is 0 Å². The molecule has 2 fully saturated rings. The van der Waals surface area contributed by atoms with Gasteiger partial charge in [0.1, 0.15) is 0 Å². The first-order valence-electron chi connectivity index (χ1n) is 13.7. The minimum absolute atomic E-state index is 0.955. The van der Waals surface area contributed by atoms with E-state index in [-0.39, 0.29) is 0 Å². The van der Waals surface area contributed by atoms with Crippen LogP contribution in [0.2, 0.25) is 0 Å². The van der Waals surface area contributed by atoms with Crippen LogP contribution in [0.25, 0.3) is 0 Å². The van der Waals surface area contributed by atoms with Gasteiger partial charge < -0.3 is 0 Å². The molecule has 2 aliphatic rings. The van der Waals surface area contributed by atoms with Crippen molar-refractivity contribution in [2.45, 2.75) is 129 Å². The van der Waals surface area contributed by atoms with E-state index >= 15 is 0 Å². The van der Waals surface area contributed by atoms with E-state index in [9.17, 15) is 0 Å². The Morgan fingerprint density at radius 3 is 1.80 bits per heavy atom. The summed E-state index contributed by atoms with van der Waals surface area (Å²) >= 11 is 0. The summed E-state index contributed by atoms with van der Waals surface area (Å²) in [5, 5.41) is 0. The van der Waals surface area contributed by atoms with E-state index in [1.165, 1.54) is 127 Å². The molecule has 0 atom stereocenters. The number of nitrogens with zero attached hydrogens (tertiary/aromatic N) is 1. The number of rotatable bonds is 12. The van der Waals surface area contributed by atoms with Crippen LogP contribution in [0.1, 0.15) is 128 Å². The van der Waals surface area contributed by atoms with Crippen molar-refractivity contribution in [3.05, 3.63) is 29.6 Å². The Balaban J connectivity index is 1.26. The van der Waals surface area contributed by atoms with Crippen LogP contribution in [0.4, 0.5) is 0 Å². The number of aryl methyl sites for hydroxylation is 2. The zero-order chi connectivity index (χ0) is 21.0. The summed E-state index contributed by atoms with van der Waals surface area (Å²) in [5.41, 5.74) is 2.75. The lowest BCUT2D eigenvalue weighted by Gasteiger charge is -2.31. The predicted octanol–water partition coefficient (Wildman–Crippen LogP) is 8.94. The number of unbranched alkanes of at least 4 members (excludes halogenated alkanes) is 3. The molecule has 0 radical (unpaired) electrons. The van der Waals surface area contributed by atoms with Crippen LogP contribution in [0.3, 0.4) is 0 Å². The second-order valence-electron chi connectivity index (χ2n) is 10.8. The van der Waals surface area contributed by atoms with E-state index in [0.29, 0.717) is 0 Å². The first-order chi connectivity index (χ1) is 14.8. The standard InChI is InChI=1S/C29H49N/c1-3-5-6-7-8-28-20-22-29(30-23-28)21-19-27-17-15-26(16-18-27)14-13-25-11-9-24(4-2)10-12-25/h20,22-27H,3-19,21H2,1-2H3. The van der Waals surface area contributed by atoms with Gasteiger partial charge in [-0.05, 0) is 61.0 Å². The molecule has 0 unspecified atom stereocenters. The molecule has 0 bridgehead atoms. The zero-order valence-corrected chi connectivity index (χ0v) is 20.2. The minimum atomic E-state index is 0.955. The van der Waals surface area contributed by atoms with Gasteiger partial charge in [-0.1, -0.05) is 110 Å². The number of aromatic nitrogens is 1. The summed E-state index contributed by atoms with van der Waals surface area (Å²) in [4.78, 5) is 4.77. The Hall–Kier alpha value is -0.850. The maximum Gasteiger partial charge on any atom is 0.0403 e. The number of hydrogen-bond acceptors (Lipinski definition) is 1. The SMILES string of the molecule is CCCCCCc1ccc(CCC2CCC(CCC3CCC(CC)CC3)CC2)nc1. The summed E-state index contributed by atoms with van der Waals surface area (Å²) in [6, 6.07) is 4.63. The van der Waals surface area contributed by atoms with Gasteiger partial charge >= 0.3 is 0 Å². The fraction of sp³-hybridized carbons (Fsp3) is 0.828. The van der Waals surface area contributed by atoms with Gasteiger partial charge in [-0.25, -0.2) is 0 Å². The molecule has 0 saturated heterocycles. The summed E-state index contributed by atoms with van der Waals surface area (Å²) in [7, 11) is 0. The quantitative estimate of drug-likeness (QED) is 0.313. The Labute approximate surface area is 187 Å². The molecule has 2 saturated carbocycles. The molecular weight excluding hydrogens is 362 g/mol. The fourth-order valence-electron chi connectivity index (χ4n) is 6.07. The molecule has 3 rings (SSSR count). The monoisotopic (exact) mass is 411 g/mol. The highest BCUT2D eigenvalue weighted by Crippen LogP contribution is 2.38. The third-order valence-corrected chi connectivity index (χ3v) is 8.51. The summed E-state index contributed by atoms with van der Waals surface area (Å²) in [5.74, 6) is 4.10. The largest absolute Gasteiger partial charge is 0.261 e. The molecule has 1 aromatic heterocycles. The zero-order valence-electron chi connectivity index (χ0n) is 20.2. The predicted molar refractivity (Wildman–Crippen MR) is 131 cm³/mol. The van der Waals surface area contributed by atoms with Crippen molar-refractivity contribution in [3.63, 3.8) is 0 Å². The molecule has 2 aliphatic carbocycles. The molecule has 0 spiro atoms. The summed E-state index contributed by atoms with van der Waals surface area (Å²) < 4.78 is 0. The molecule has 0 amide bonds. The van der Waals surface area contributed by atoms with Crippen molar-refractivity contribution in [1.29, 1.82) is 0 Å². The Morgan fingerprint density at radius 2 is 1.27 bits per heavy atom. The van der Waals surface area contributed by atoms with Crippen LogP contribution in [0.5, 0.6) is 0 Å². The first kappa shape index (κ1) is 23.8. The maximum absolute atomic E-state index is 4.77. The summed E-state index contributed by atoms with van der Waals surface area (Å²) in [6.07, 6.45) is 27.8. The third-order valence-electron chi connectivity index (χ3n) is 8.51. The van der Waals surface area contributed by atoms with Gasteiger partial charge in [0, 0.05) is 11.9 Å². The van der Waals surface area contributed by atoms with E-state index in [4.69, 9.17) is 4.98 Å². The Bertz CT molecular complexity index is 546. The van der Waals surface area contributed by atoms with Crippen molar-refractivity contribution in [3.8, 4) is 0 Å². The van der Waals surface area contributed by atoms with E-state index in [1.54, 1.807) is 0 Å². The van der Waals surface area contributed by atoms with Crippen molar-refractivity contribution in [1.82, 2.24) is 4.98 Å². The molecule has 1 heteroatoms. The van der Waals surface area contributed by atoms with Gasteiger partial charge in [-0.3, -0.25) is 4.98 Å². The normalized spacial score (nSPS) is 27.3. The molecule has 0 aliphatic heterocycles. The number of hydrogen-bond donors (Lipinski definition) is 0. The highest BCUT2D eigenvalue weighted by atomic mass is 14.7. The van der Waals surface area contributed by atoms with Crippen LogP contribution in [0, 0.1) is 23.7 Å². The van der Waals surface area contributed by atoms with Crippen molar-refractivity contribution in [2.24, 2.45) is 23.7 Å². The first-order valence-corrected chi connectivity index (χ1v) is 13.7. The third kappa shape index (κ3) is 8.35. The Morgan fingerprint density at radius 1 is 0.667 bits per heavy atom. The molecule has 0 aromatic carbocycles. The van der Waals surface area contributed by atoms with Crippen LogP contribution < -0.4 is 0 Å². The second kappa shape index (κ2) is 13.5. The van der Waals surface area contributed by atoms with Gasteiger partial charge in [0.05, 0.1) is 0 Å². The van der Waals surface area contributed by atoms with Crippen molar-refractivity contribution < 1.29 is 0 Å². The highest BCUT2D eigenvalue weighted by molar-refractivity contribution is 5.14. The average molecular weight is 412 g/mol. The van der Waals surface area contributed by atoms with Gasteiger partial charge in [-0.2, -0.15) is 0 Å². The van der Waals surface area contributed by atoms with Crippen LogP contribution >= 0.6 is 0 Å². The van der Waals surface area contributed by atoms with Crippen LogP contribution in [-0.2, 0) is 12.8 Å². The lowest BCUT2D eigenvalue weighted by atomic mass is 9.74. The van der Waals surface area contributed by atoms with Gasteiger partial charge in [-0.15, -0.1) is 0 Å². The molecule has 1 nitrogen and oxygen atoms in total. The van der Waals surface area contributed by atoms with Crippen LogP contribution in [0.15, 0.2) is 18.3 Å². The molecule has 30 heavy (non-hydrogen) atoms. The van der Waals surface area contributed by atoms with E-state index in [2.05, 4.69) is 32.2 Å². The Kier molecular flexibility index (Phi) is 10.7. The minimum Gasteiger partial charge on any atom is -0.261 e. The van der Waals surface area contributed by atoms with Crippen LogP contribution in [-0.4, -0.2) is 4.98 Å². The molecule has 0 N–H and O–H groups in total. The van der Waals surface area contributed by atoms with E-state index in [1.807, 2.05) is 0 Å². The molecule has 170 valence electrons. The van der Waals surface area contributed by atoms with E-state index in [0.717, 1.165) is 23.7 Å². The fourth-order valence-corrected chi connectivity index (χ4v) is 6.07. The second-order valence-corrected chi connectivity index (χ2v) is 10.8. The molecular formula is C29H49N. The lowest BCUT2D eigenvalue weighted by molar-refractivity contribution is 0.211. The van der Waals surface area contributed by atoms with Gasteiger partial charge in [0.25, 0.3) is 0 Å². The lowest BCUT2D eigenvalue weighted by Crippen LogP contribution is -2.18. The van der Waals surface area contributed by atoms with Gasteiger partial charge in [0.2, 0.25) is 0 Å². The molecule has 1 aromatic rings. The molecule has 1 heterocycles. The van der Waals surface area contributed by atoms with Crippen molar-refractivity contribution in [2.75, 3.05) is 0 Å². The average Bonchev–Trinajstić information content (AvgIpc) is 2.81. The highest BCUT2D eigenvalue weighted by Gasteiger charge is 2.24. The topological polar surface area (TPSA) is 12.9 Å². The number of pyridine rings is 1. The summed E-state index contributed by atoms with van der Waals surface area (Å²) in [6.45, 7) is 4.66. The van der Waals surface area contributed by atoms with Gasteiger partial charge in [0.15, 0.2) is 0 Å². The smallest absolute Gasteiger partial charge is 0.0403 e.